The Kier molecular flexibility index (Phi) is 5.70. The maximum atomic E-state index is 11.7. The van der Waals surface area contributed by atoms with Crippen LogP contribution in [0, 0.1) is 0 Å². The number of benzene rings is 1. The molecule has 1 aromatic carbocycles. The molecule has 0 fully saturated rings. The van der Waals surface area contributed by atoms with Gasteiger partial charge < -0.3 is 4.74 Å². The number of ether oxygens (including phenoxy) is 1. The standard InChI is InChI=1S/C14H15BrN2O2S/c1-2-11-13(15)20-14(16-11)17-12(18)9-19-8-10-6-4-3-5-7-10/h3-7H,2,8-9H2,1H3,(H,16,17,18). The van der Waals surface area contributed by atoms with Gasteiger partial charge in [-0.3, -0.25) is 10.1 Å². The molecule has 2 aromatic rings. The zero-order chi connectivity index (χ0) is 14.4. The van der Waals surface area contributed by atoms with E-state index in [9.17, 15) is 4.79 Å². The quantitative estimate of drug-likeness (QED) is 0.861. The van der Waals surface area contributed by atoms with Crippen LogP contribution in [0.4, 0.5) is 5.13 Å². The first-order valence-electron chi connectivity index (χ1n) is 6.25. The van der Waals surface area contributed by atoms with Gasteiger partial charge in [-0.2, -0.15) is 0 Å². The fourth-order valence-electron chi connectivity index (χ4n) is 1.60. The highest BCUT2D eigenvalue weighted by molar-refractivity contribution is 9.11. The van der Waals surface area contributed by atoms with Gasteiger partial charge in [-0.15, -0.1) is 0 Å². The number of thiazole rings is 1. The van der Waals surface area contributed by atoms with Crippen molar-refractivity contribution in [2.45, 2.75) is 20.0 Å². The van der Waals surface area contributed by atoms with Crippen molar-refractivity contribution in [3.63, 3.8) is 0 Å². The molecule has 0 radical (unpaired) electrons. The summed E-state index contributed by atoms with van der Waals surface area (Å²) in [5.41, 5.74) is 2.00. The van der Waals surface area contributed by atoms with E-state index in [1.165, 1.54) is 11.3 Å². The Morgan fingerprint density at radius 1 is 1.40 bits per heavy atom. The summed E-state index contributed by atoms with van der Waals surface area (Å²) in [7, 11) is 0. The number of hydrogen-bond donors (Lipinski definition) is 1. The molecule has 1 N–H and O–H groups in total. The minimum absolute atomic E-state index is 0.0214. The molecule has 106 valence electrons. The lowest BCUT2D eigenvalue weighted by atomic mass is 10.2. The second-order valence-electron chi connectivity index (χ2n) is 4.12. The first kappa shape index (κ1) is 15.2. The van der Waals surface area contributed by atoms with Gasteiger partial charge in [0.05, 0.1) is 16.1 Å². The fraction of sp³-hybridized carbons (Fsp3) is 0.286. The molecule has 0 spiro atoms. The topological polar surface area (TPSA) is 51.2 Å². The van der Waals surface area contributed by atoms with Crippen LogP contribution < -0.4 is 5.32 Å². The van der Waals surface area contributed by atoms with Crippen LogP contribution in [-0.4, -0.2) is 17.5 Å². The summed E-state index contributed by atoms with van der Waals surface area (Å²) in [5, 5.41) is 3.34. The number of halogens is 1. The number of rotatable bonds is 6. The zero-order valence-electron chi connectivity index (χ0n) is 11.1. The van der Waals surface area contributed by atoms with Gasteiger partial charge in [-0.1, -0.05) is 48.6 Å². The predicted molar refractivity (Wildman–Crippen MR) is 83.9 cm³/mol. The van der Waals surface area contributed by atoms with Crippen LogP contribution in [0.5, 0.6) is 0 Å². The van der Waals surface area contributed by atoms with Gasteiger partial charge in [0.25, 0.3) is 5.91 Å². The van der Waals surface area contributed by atoms with E-state index in [4.69, 9.17) is 4.74 Å². The minimum Gasteiger partial charge on any atom is -0.367 e. The molecule has 0 aliphatic heterocycles. The van der Waals surface area contributed by atoms with Crippen molar-refractivity contribution in [1.29, 1.82) is 0 Å². The van der Waals surface area contributed by atoms with Crippen molar-refractivity contribution in [1.82, 2.24) is 4.98 Å². The molecule has 2 rings (SSSR count). The van der Waals surface area contributed by atoms with Crippen molar-refractivity contribution in [2.75, 3.05) is 11.9 Å². The van der Waals surface area contributed by atoms with Gasteiger partial charge in [-0.25, -0.2) is 4.98 Å². The molecule has 0 saturated heterocycles. The number of anilines is 1. The number of carbonyl (C=O) groups is 1. The van der Waals surface area contributed by atoms with Crippen molar-refractivity contribution in [3.8, 4) is 0 Å². The Morgan fingerprint density at radius 3 is 2.80 bits per heavy atom. The minimum atomic E-state index is -0.190. The molecule has 6 heteroatoms. The van der Waals surface area contributed by atoms with E-state index < -0.39 is 0 Å². The van der Waals surface area contributed by atoms with E-state index in [2.05, 4.69) is 26.2 Å². The molecule has 1 heterocycles. The van der Waals surface area contributed by atoms with Gasteiger partial charge in [0.1, 0.15) is 6.61 Å². The first-order chi connectivity index (χ1) is 9.69. The van der Waals surface area contributed by atoms with E-state index in [1.807, 2.05) is 37.3 Å². The smallest absolute Gasteiger partial charge is 0.252 e. The number of aryl methyl sites for hydroxylation is 1. The molecule has 20 heavy (non-hydrogen) atoms. The average molecular weight is 355 g/mol. The molecule has 0 bridgehead atoms. The lowest BCUT2D eigenvalue weighted by Gasteiger charge is -2.04. The Bertz CT molecular complexity index is 572. The molecule has 0 aliphatic rings. The van der Waals surface area contributed by atoms with Crippen LogP contribution in [0.3, 0.4) is 0 Å². The van der Waals surface area contributed by atoms with Gasteiger partial charge in [0.15, 0.2) is 5.13 Å². The summed E-state index contributed by atoms with van der Waals surface area (Å²) in [4.78, 5) is 16.0. The normalized spacial score (nSPS) is 10.5. The summed E-state index contributed by atoms with van der Waals surface area (Å²) < 4.78 is 6.33. The summed E-state index contributed by atoms with van der Waals surface area (Å²) in [5.74, 6) is -0.190. The summed E-state index contributed by atoms with van der Waals surface area (Å²) in [6, 6.07) is 9.75. The molecule has 1 aromatic heterocycles. The third kappa shape index (κ3) is 4.40. The van der Waals surface area contributed by atoms with E-state index >= 15 is 0 Å². The van der Waals surface area contributed by atoms with Crippen molar-refractivity contribution < 1.29 is 9.53 Å². The highest BCUT2D eigenvalue weighted by Crippen LogP contribution is 2.28. The van der Waals surface area contributed by atoms with Gasteiger partial charge >= 0.3 is 0 Å². The molecular formula is C14H15BrN2O2S. The monoisotopic (exact) mass is 354 g/mol. The molecule has 0 atom stereocenters. The second-order valence-corrected chi connectivity index (χ2v) is 6.44. The van der Waals surface area contributed by atoms with Crippen LogP contribution in [0.15, 0.2) is 34.1 Å². The Balaban J connectivity index is 1.77. The molecule has 0 unspecified atom stereocenters. The average Bonchev–Trinajstić information content (AvgIpc) is 2.80. The number of amides is 1. The van der Waals surface area contributed by atoms with Crippen molar-refractivity contribution in [3.05, 3.63) is 45.4 Å². The maximum Gasteiger partial charge on any atom is 0.252 e. The lowest BCUT2D eigenvalue weighted by molar-refractivity contribution is -0.121. The van der Waals surface area contributed by atoms with E-state index in [1.54, 1.807) is 0 Å². The molecule has 0 saturated carbocycles. The van der Waals surface area contributed by atoms with E-state index in [-0.39, 0.29) is 12.5 Å². The molecule has 4 nitrogen and oxygen atoms in total. The second kappa shape index (κ2) is 7.52. The van der Waals surface area contributed by atoms with Crippen molar-refractivity contribution >= 4 is 38.3 Å². The van der Waals surface area contributed by atoms with Gasteiger partial charge in [0, 0.05) is 0 Å². The van der Waals surface area contributed by atoms with Crippen LogP contribution in [0.1, 0.15) is 18.2 Å². The maximum absolute atomic E-state index is 11.7. The summed E-state index contributed by atoms with van der Waals surface area (Å²) in [6.45, 7) is 2.47. The van der Waals surface area contributed by atoms with Gasteiger partial charge in [0.2, 0.25) is 0 Å². The van der Waals surface area contributed by atoms with Gasteiger partial charge in [-0.05, 0) is 27.9 Å². The summed E-state index contributed by atoms with van der Waals surface area (Å²) >= 11 is 4.84. The SMILES string of the molecule is CCc1nc(NC(=O)COCc2ccccc2)sc1Br. The van der Waals surface area contributed by atoms with Crippen LogP contribution in [-0.2, 0) is 22.6 Å². The number of carbonyl (C=O) groups excluding carboxylic acids is 1. The third-order valence-electron chi connectivity index (χ3n) is 2.58. The Morgan fingerprint density at radius 2 is 2.15 bits per heavy atom. The van der Waals surface area contributed by atoms with Crippen LogP contribution in [0.2, 0.25) is 0 Å². The largest absolute Gasteiger partial charge is 0.367 e. The number of nitrogens with one attached hydrogen (secondary N) is 1. The highest BCUT2D eigenvalue weighted by atomic mass is 79.9. The third-order valence-corrected chi connectivity index (χ3v) is 4.32. The number of hydrogen-bond acceptors (Lipinski definition) is 4. The summed E-state index contributed by atoms with van der Waals surface area (Å²) in [6.07, 6.45) is 0.831. The predicted octanol–water partition coefficient (Wildman–Crippen LogP) is 3.62. The Hall–Kier alpha value is -1.24. The number of nitrogens with zero attached hydrogens (tertiary/aromatic N) is 1. The molecule has 1 amide bonds. The molecule has 0 aliphatic carbocycles. The first-order valence-corrected chi connectivity index (χ1v) is 7.86. The van der Waals surface area contributed by atoms with E-state index in [0.717, 1.165) is 21.5 Å². The lowest BCUT2D eigenvalue weighted by Crippen LogP contribution is -2.18. The molecular weight excluding hydrogens is 340 g/mol. The zero-order valence-corrected chi connectivity index (χ0v) is 13.5. The Labute approximate surface area is 130 Å². The van der Waals surface area contributed by atoms with Crippen molar-refractivity contribution in [2.24, 2.45) is 0 Å². The van der Waals surface area contributed by atoms with E-state index in [0.29, 0.717) is 11.7 Å². The number of aromatic nitrogens is 1. The van der Waals surface area contributed by atoms with Crippen LogP contribution >= 0.6 is 27.3 Å². The van der Waals surface area contributed by atoms with Crippen LogP contribution in [0.25, 0.3) is 0 Å². The fourth-order valence-corrected chi connectivity index (χ4v) is 3.22. The highest BCUT2D eigenvalue weighted by Gasteiger charge is 2.10.